The Balaban J connectivity index is 1.79. The van der Waals surface area contributed by atoms with E-state index in [1.807, 2.05) is 30.3 Å². The number of carbonyl (C=O) groups excluding carboxylic acids is 1. The summed E-state index contributed by atoms with van der Waals surface area (Å²) in [4.78, 5) is 17.8. The van der Waals surface area contributed by atoms with Crippen LogP contribution in [0.5, 0.6) is 11.5 Å². The predicted molar refractivity (Wildman–Crippen MR) is 103 cm³/mol. The predicted octanol–water partition coefficient (Wildman–Crippen LogP) is 3.21. The average molecular weight is 372 g/mol. The second kappa shape index (κ2) is 8.62. The van der Waals surface area contributed by atoms with E-state index >= 15 is 0 Å². The van der Waals surface area contributed by atoms with Gasteiger partial charge in [0.05, 0.1) is 37.8 Å². The maximum atomic E-state index is 12.4. The quantitative estimate of drug-likeness (QED) is 0.756. The van der Waals surface area contributed by atoms with Crippen molar-refractivity contribution >= 4 is 29.3 Å². The van der Waals surface area contributed by atoms with Crippen LogP contribution in [0.3, 0.4) is 0 Å². The number of rotatable bonds is 7. The van der Waals surface area contributed by atoms with Crippen molar-refractivity contribution in [1.82, 2.24) is 0 Å². The molecule has 3 rings (SSSR count). The third-order valence-corrected chi connectivity index (χ3v) is 4.74. The molecule has 0 radical (unpaired) electrons. The normalized spacial score (nSPS) is 12.9. The van der Waals surface area contributed by atoms with Gasteiger partial charge in [0.1, 0.15) is 6.61 Å². The van der Waals surface area contributed by atoms with Crippen LogP contribution >= 0.6 is 11.8 Å². The molecule has 136 valence electrons. The molecule has 6 nitrogen and oxygen atoms in total. The van der Waals surface area contributed by atoms with Gasteiger partial charge in [-0.1, -0.05) is 18.2 Å². The van der Waals surface area contributed by atoms with Gasteiger partial charge in [0, 0.05) is 11.0 Å². The van der Waals surface area contributed by atoms with E-state index in [1.54, 1.807) is 26.4 Å². The summed E-state index contributed by atoms with van der Waals surface area (Å²) >= 11 is 1.47. The van der Waals surface area contributed by atoms with E-state index in [-0.39, 0.29) is 5.91 Å². The topological polar surface area (TPSA) is 69.2 Å². The highest BCUT2D eigenvalue weighted by Gasteiger charge is 2.20. The summed E-state index contributed by atoms with van der Waals surface area (Å²) in [6.07, 6.45) is 0. The van der Waals surface area contributed by atoms with E-state index in [9.17, 15) is 4.79 Å². The molecular weight excluding hydrogens is 352 g/mol. The molecule has 0 aliphatic carbocycles. The van der Waals surface area contributed by atoms with Crippen LogP contribution in [-0.2, 0) is 9.53 Å². The fraction of sp³-hybridized carbons (Fsp3) is 0.263. The molecule has 0 aromatic heterocycles. The number of hydrogen-bond donors (Lipinski definition) is 1. The van der Waals surface area contributed by atoms with Gasteiger partial charge in [-0.25, -0.2) is 4.99 Å². The summed E-state index contributed by atoms with van der Waals surface area (Å²) < 4.78 is 16.3. The van der Waals surface area contributed by atoms with Gasteiger partial charge in [0.25, 0.3) is 0 Å². The van der Waals surface area contributed by atoms with E-state index in [4.69, 9.17) is 14.2 Å². The molecule has 1 aliphatic heterocycles. The van der Waals surface area contributed by atoms with Gasteiger partial charge in [0.15, 0.2) is 11.5 Å². The molecule has 2 aromatic carbocycles. The van der Waals surface area contributed by atoms with Gasteiger partial charge in [-0.15, -0.1) is 11.8 Å². The number of carbonyl (C=O) groups is 1. The Kier molecular flexibility index (Phi) is 6.01. The third kappa shape index (κ3) is 4.29. The molecule has 0 bridgehead atoms. The first kappa shape index (κ1) is 18.1. The van der Waals surface area contributed by atoms with Crippen molar-refractivity contribution in [3.05, 3.63) is 48.0 Å². The fourth-order valence-electron chi connectivity index (χ4n) is 2.51. The number of hydrogen-bond acceptors (Lipinski definition) is 6. The maximum absolute atomic E-state index is 12.4. The van der Waals surface area contributed by atoms with E-state index in [1.165, 1.54) is 11.8 Å². The number of ether oxygens (including phenoxy) is 3. The lowest BCUT2D eigenvalue weighted by molar-refractivity contribution is -0.113. The van der Waals surface area contributed by atoms with Gasteiger partial charge in [-0.2, -0.15) is 0 Å². The molecule has 0 fully saturated rings. The molecule has 1 amide bonds. The molecule has 0 atom stereocenters. The summed E-state index contributed by atoms with van der Waals surface area (Å²) in [5.74, 6) is 1.76. The molecule has 1 heterocycles. The zero-order valence-corrected chi connectivity index (χ0v) is 15.5. The minimum Gasteiger partial charge on any atom is -0.493 e. The summed E-state index contributed by atoms with van der Waals surface area (Å²) in [6.45, 7) is 1.13. The molecule has 2 aromatic rings. The van der Waals surface area contributed by atoms with Crippen molar-refractivity contribution in [2.24, 2.45) is 4.99 Å². The third-order valence-electron chi connectivity index (χ3n) is 3.73. The summed E-state index contributed by atoms with van der Waals surface area (Å²) in [7, 11) is 3.12. The number of benzene rings is 2. The molecule has 7 heteroatoms. The van der Waals surface area contributed by atoms with E-state index < -0.39 is 0 Å². The van der Waals surface area contributed by atoms with E-state index in [2.05, 4.69) is 10.3 Å². The Morgan fingerprint density at radius 3 is 2.58 bits per heavy atom. The van der Waals surface area contributed by atoms with Crippen LogP contribution in [0.1, 0.15) is 5.56 Å². The number of anilines is 1. The zero-order chi connectivity index (χ0) is 18.4. The molecular formula is C19H20N2O4S. The van der Waals surface area contributed by atoms with Crippen molar-refractivity contribution < 1.29 is 19.0 Å². The van der Waals surface area contributed by atoms with E-state index in [0.29, 0.717) is 47.6 Å². The molecule has 0 unspecified atom stereocenters. The highest BCUT2D eigenvalue weighted by Crippen LogP contribution is 2.34. The summed E-state index contributed by atoms with van der Waals surface area (Å²) in [6, 6.07) is 13.3. The maximum Gasteiger partial charge on any atom is 0.234 e. The molecule has 1 aliphatic rings. The Hall–Kier alpha value is -2.67. The number of amides is 1. The first-order valence-electron chi connectivity index (χ1n) is 8.12. The highest BCUT2D eigenvalue weighted by molar-refractivity contribution is 8.00. The van der Waals surface area contributed by atoms with Crippen molar-refractivity contribution in [2.75, 3.05) is 38.4 Å². The van der Waals surface area contributed by atoms with Gasteiger partial charge < -0.3 is 19.5 Å². The average Bonchev–Trinajstić information content (AvgIpc) is 3.21. The number of nitrogens with zero attached hydrogens (tertiary/aromatic N) is 1. The monoisotopic (exact) mass is 372 g/mol. The highest BCUT2D eigenvalue weighted by atomic mass is 32.2. The van der Waals surface area contributed by atoms with Crippen LogP contribution in [0, 0.1) is 0 Å². The number of thioether (sulfide) groups is 1. The second-order valence-electron chi connectivity index (χ2n) is 5.44. The SMILES string of the molecule is COc1cc(NC(=O)CSc2ccccc2)c(C2=NCCO2)cc1OC. The van der Waals surface area contributed by atoms with Crippen LogP contribution in [-0.4, -0.2) is 44.9 Å². The van der Waals surface area contributed by atoms with Gasteiger partial charge in [0.2, 0.25) is 11.8 Å². The minimum atomic E-state index is -0.120. The Morgan fingerprint density at radius 1 is 1.19 bits per heavy atom. The second-order valence-corrected chi connectivity index (χ2v) is 6.49. The van der Waals surface area contributed by atoms with Crippen LogP contribution < -0.4 is 14.8 Å². The van der Waals surface area contributed by atoms with Crippen LogP contribution in [0.2, 0.25) is 0 Å². The first-order valence-corrected chi connectivity index (χ1v) is 9.11. The van der Waals surface area contributed by atoms with Gasteiger partial charge in [-0.05, 0) is 18.2 Å². The smallest absolute Gasteiger partial charge is 0.234 e. The number of methoxy groups -OCH3 is 2. The minimum absolute atomic E-state index is 0.120. The van der Waals surface area contributed by atoms with Gasteiger partial charge in [-0.3, -0.25) is 4.79 Å². The Bertz CT molecular complexity index is 809. The lowest BCUT2D eigenvalue weighted by Gasteiger charge is -2.15. The van der Waals surface area contributed by atoms with Crippen LogP contribution in [0.4, 0.5) is 5.69 Å². The van der Waals surface area contributed by atoms with Gasteiger partial charge >= 0.3 is 0 Å². The lowest BCUT2D eigenvalue weighted by atomic mass is 10.1. The zero-order valence-electron chi connectivity index (χ0n) is 14.7. The molecule has 1 N–H and O–H groups in total. The van der Waals surface area contributed by atoms with Crippen LogP contribution in [0.15, 0.2) is 52.4 Å². The number of aliphatic imine (C=N–C) groups is 1. The summed E-state index contributed by atoms with van der Waals surface area (Å²) in [5.41, 5.74) is 1.26. The Morgan fingerprint density at radius 2 is 1.92 bits per heavy atom. The lowest BCUT2D eigenvalue weighted by Crippen LogP contribution is -2.17. The van der Waals surface area contributed by atoms with Crippen molar-refractivity contribution in [3.8, 4) is 11.5 Å². The first-order chi connectivity index (χ1) is 12.7. The largest absolute Gasteiger partial charge is 0.493 e. The van der Waals surface area contributed by atoms with Crippen molar-refractivity contribution in [3.63, 3.8) is 0 Å². The van der Waals surface area contributed by atoms with Crippen molar-refractivity contribution in [2.45, 2.75) is 4.90 Å². The van der Waals surface area contributed by atoms with E-state index in [0.717, 1.165) is 4.90 Å². The Labute approximate surface area is 156 Å². The number of nitrogens with one attached hydrogen (secondary N) is 1. The summed E-state index contributed by atoms with van der Waals surface area (Å²) in [5, 5.41) is 2.93. The standard InChI is InChI=1S/C19H20N2O4S/c1-23-16-10-14(19-20-8-9-25-19)15(11-17(16)24-2)21-18(22)12-26-13-6-4-3-5-7-13/h3-7,10-11H,8-9,12H2,1-2H3,(H,21,22). The molecule has 0 saturated carbocycles. The molecule has 0 saturated heterocycles. The molecule has 26 heavy (non-hydrogen) atoms. The van der Waals surface area contributed by atoms with Crippen molar-refractivity contribution in [1.29, 1.82) is 0 Å². The van der Waals surface area contributed by atoms with Crippen LogP contribution in [0.25, 0.3) is 0 Å². The fourth-order valence-corrected chi connectivity index (χ4v) is 3.23. The molecule has 0 spiro atoms.